The zero-order valence-electron chi connectivity index (χ0n) is 16.5. The molecule has 0 aliphatic carbocycles. The smallest absolute Gasteiger partial charge is 0.159 e. The molecule has 2 heterocycles. The first kappa shape index (κ1) is 20.0. The first-order valence-electron chi connectivity index (χ1n) is 10.1. The normalized spacial score (nSPS) is 19.9. The van der Waals surface area contributed by atoms with E-state index in [0.29, 0.717) is 10.8 Å². The summed E-state index contributed by atoms with van der Waals surface area (Å²) in [5, 5.41) is 10.9. The van der Waals surface area contributed by atoms with Crippen LogP contribution in [0.5, 0.6) is 0 Å². The Kier molecular flexibility index (Phi) is 6.24. The summed E-state index contributed by atoms with van der Waals surface area (Å²) in [6.07, 6.45) is 6.87. The molecule has 1 aliphatic rings. The number of halogens is 1. The molecule has 4 rings (SSSR count). The molecule has 150 valence electrons. The van der Waals surface area contributed by atoms with Gasteiger partial charge in [-0.25, -0.2) is 9.97 Å². The van der Waals surface area contributed by atoms with Crippen molar-refractivity contribution in [3.05, 3.63) is 83.1 Å². The maximum absolute atomic E-state index is 10.2. The number of hydrogen-bond acceptors (Lipinski definition) is 4. The second-order valence-corrected chi connectivity index (χ2v) is 8.49. The van der Waals surface area contributed by atoms with E-state index in [1.807, 2.05) is 42.7 Å². The van der Waals surface area contributed by atoms with Crippen molar-refractivity contribution < 1.29 is 5.11 Å². The lowest BCUT2D eigenvalue weighted by Crippen LogP contribution is -2.46. The van der Waals surface area contributed by atoms with E-state index in [2.05, 4.69) is 39.1 Å². The molecule has 0 amide bonds. The van der Waals surface area contributed by atoms with Gasteiger partial charge in [0.2, 0.25) is 0 Å². The van der Waals surface area contributed by atoms with E-state index < -0.39 is 0 Å². The monoisotopic (exact) mass is 407 g/mol. The SMILES string of the molecule is OCC1(Cc2ccccc2)CCCN(Cc2cnc(-c3ccc(Cl)cc3)nc2)C1. The first-order valence-corrected chi connectivity index (χ1v) is 10.5. The van der Waals surface area contributed by atoms with Crippen molar-refractivity contribution in [3.8, 4) is 11.4 Å². The molecule has 1 saturated heterocycles. The summed E-state index contributed by atoms with van der Waals surface area (Å²) in [5.41, 5.74) is 3.26. The second-order valence-electron chi connectivity index (χ2n) is 8.06. The summed E-state index contributed by atoms with van der Waals surface area (Å²) in [7, 11) is 0. The van der Waals surface area contributed by atoms with Crippen molar-refractivity contribution in [2.75, 3.05) is 19.7 Å². The summed E-state index contributed by atoms with van der Waals surface area (Å²) in [4.78, 5) is 11.5. The van der Waals surface area contributed by atoms with Gasteiger partial charge in [0.05, 0.1) is 6.61 Å². The largest absolute Gasteiger partial charge is 0.396 e. The quantitative estimate of drug-likeness (QED) is 0.648. The lowest BCUT2D eigenvalue weighted by atomic mass is 9.75. The summed E-state index contributed by atoms with van der Waals surface area (Å²) < 4.78 is 0. The van der Waals surface area contributed by atoms with Crippen molar-refractivity contribution >= 4 is 11.6 Å². The number of piperidine rings is 1. The van der Waals surface area contributed by atoms with E-state index in [1.54, 1.807) is 0 Å². The van der Waals surface area contributed by atoms with E-state index in [1.165, 1.54) is 5.56 Å². The molecule has 1 fully saturated rings. The van der Waals surface area contributed by atoms with Crippen molar-refractivity contribution in [2.24, 2.45) is 5.41 Å². The van der Waals surface area contributed by atoms with Gasteiger partial charge in [0.1, 0.15) is 0 Å². The van der Waals surface area contributed by atoms with Gasteiger partial charge in [-0.15, -0.1) is 0 Å². The molecule has 1 unspecified atom stereocenters. The predicted octanol–water partition coefficient (Wildman–Crippen LogP) is 4.61. The predicted molar refractivity (Wildman–Crippen MR) is 117 cm³/mol. The minimum Gasteiger partial charge on any atom is -0.396 e. The van der Waals surface area contributed by atoms with Crippen LogP contribution in [0, 0.1) is 5.41 Å². The molecule has 0 radical (unpaired) electrons. The molecule has 0 saturated carbocycles. The van der Waals surface area contributed by atoms with Crippen LogP contribution in [0.4, 0.5) is 0 Å². The third-order valence-electron chi connectivity index (χ3n) is 5.71. The Morgan fingerprint density at radius 2 is 1.69 bits per heavy atom. The molecule has 1 aromatic heterocycles. The summed E-state index contributed by atoms with van der Waals surface area (Å²) in [6.45, 7) is 2.94. The topological polar surface area (TPSA) is 49.2 Å². The number of rotatable bonds is 6. The standard InChI is InChI=1S/C24H26ClN3O/c25-22-9-7-21(8-10-22)23-26-14-20(15-27-23)16-28-12-4-11-24(17-28,18-29)13-19-5-2-1-3-6-19/h1-3,5-10,14-15,29H,4,11-13,16-18H2. The van der Waals surface area contributed by atoms with Crippen molar-refractivity contribution in [1.29, 1.82) is 0 Å². The van der Waals surface area contributed by atoms with Gasteiger partial charge in [0, 0.05) is 47.0 Å². The lowest BCUT2D eigenvalue weighted by Gasteiger charge is -2.42. The fourth-order valence-electron chi connectivity index (χ4n) is 4.25. The highest BCUT2D eigenvalue weighted by atomic mass is 35.5. The lowest BCUT2D eigenvalue weighted by molar-refractivity contribution is 0.0288. The third-order valence-corrected chi connectivity index (χ3v) is 5.96. The number of aromatic nitrogens is 2. The van der Waals surface area contributed by atoms with Crippen LogP contribution < -0.4 is 0 Å². The van der Waals surface area contributed by atoms with Crippen LogP contribution in [0.15, 0.2) is 67.0 Å². The van der Waals surface area contributed by atoms with Crippen LogP contribution in [0.1, 0.15) is 24.0 Å². The van der Waals surface area contributed by atoms with E-state index >= 15 is 0 Å². The van der Waals surface area contributed by atoms with Gasteiger partial charge in [0.15, 0.2) is 5.82 Å². The number of aliphatic hydroxyl groups is 1. The highest BCUT2D eigenvalue weighted by molar-refractivity contribution is 6.30. The molecule has 1 atom stereocenters. The minimum atomic E-state index is -0.0797. The van der Waals surface area contributed by atoms with Crippen LogP contribution in [-0.2, 0) is 13.0 Å². The van der Waals surface area contributed by atoms with Crippen molar-refractivity contribution in [2.45, 2.75) is 25.8 Å². The van der Waals surface area contributed by atoms with Crippen LogP contribution >= 0.6 is 11.6 Å². The molecular formula is C24H26ClN3O. The average molecular weight is 408 g/mol. The zero-order chi connectivity index (χ0) is 20.1. The van der Waals surface area contributed by atoms with Crippen molar-refractivity contribution in [1.82, 2.24) is 14.9 Å². The van der Waals surface area contributed by atoms with Crippen LogP contribution in [0.2, 0.25) is 5.02 Å². The minimum absolute atomic E-state index is 0.0797. The molecule has 29 heavy (non-hydrogen) atoms. The maximum atomic E-state index is 10.2. The number of benzene rings is 2. The molecule has 2 aromatic carbocycles. The van der Waals surface area contributed by atoms with E-state index in [0.717, 1.165) is 50.0 Å². The van der Waals surface area contributed by atoms with Crippen LogP contribution in [0.25, 0.3) is 11.4 Å². The Balaban J connectivity index is 1.43. The molecule has 4 nitrogen and oxygen atoms in total. The highest BCUT2D eigenvalue weighted by Crippen LogP contribution is 2.34. The number of likely N-dealkylation sites (tertiary alicyclic amines) is 1. The van der Waals surface area contributed by atoms with Crippen LogP contribution in [-0.4, -0.2) is 39.7 Å². The van der Waals surface area contributed by atoms with Gasteiger partial charge in [-0.2, -0.15) is 0 Å². The van der Waals surface area contributed by atoms with Gasteiger partial charge in [0.25, 0.3) is 0 Å². The van der Waals surface area contributed by atoms with E-state index in [-0.39, 0.29) is 12.0 Å². The number of nitrogens with zero attached hydrogens (tertiary/aromatic N) is 3. The molecular weight excluding hydrogens is 382 g/mol. The first-order chi connectivity index (χ1) is 14.2. The average Bonchev–Trinajstić information content (AvgIpc) is 2.76. The molecule has 1 aliphatic heterocycles. The molecule has 0 bridgehead atoms. The molecule has 1 N–H and O–H groups in total. The zero-order valence-corrected chi connectivity index (χ0v) is 17.2. The number of aliphatic hydroxyl groups excluding tert-OH is 1. The Hall–Kier alpha value is -2.27. The second kappa shape index (κ2) is 9.04. The van der Waals surface area contributed by atoms with Crippen LogP contribution in [0.3, 0.4) is 0 Å². The third kappa shape index (κ3) is 5.02. The Morgan fingerprint density at radius 3 is 2.38 bits per heavy atom. The van der Waals surface area contributed by atoms with Gasteiger partial charge in [-0.05, 0) is 55.6 Å². The van der Waals surface area contributed by atoms with E-state index in [9.17, 15) is 5.11 Å². The Bertz CT molecular complexity index is 915. The fourth-order valence-corrected chi connectivity index (χ4v) is 4.37. The van der Waals surface area contributed by atoms with Crippen molar-refractivity contribution in [3.63, 3.8) is 0 Å². The molecule has 5 heteroatoms. The molecule has 0 spiro atoms. The van der Waals surface area contributed by atoms with Gasteiger partial charge >= 0.3 is 0 Å². The molecule has 3 aromatic rings. The Labute approximate surface area is 177 Å². The summed E-state index contributed by atoms with van der Waals surface area (Å²) in [6, 6.07) is 18.0. The number of hydrogen-bond donors (Lipinski definition) is 1. The van der Waals surface area contributed by atoms with Gasteiger partial charge in [-0.3, -0.25) is 4.90 Å². The summed E-state index contributed by atoms with van der Waals surface area (Å²) in [5.74, 6) is 0.706. The highest BCUT2D eigenvalue weighted by Gasteiger charge is 2.35. The van der Waals surface area contributed by atoms with E-state index in [4.69, 9.17) is 11.6 Å². The van der Waals surface area contributed by atoms with Gasteiger partial charge < -0.3 is 5.11 Å². The summed E-state index contributed by atoms with van der Waals surface area (Å²) >= 11 is 5.95. The maximum Gasteiger partial charge on any atom is 0.159 e. The van der Waals surface area contributed by atoms with Gasteiger partial charge in [-0.1, -0.05) is 41.9 Å². The fraction of sp³-hybridized carbons (Fsp3) is 0.333. The Morgan fingerprint density at radius 1 is 0.966 bits per heavy atom.